The van der Waals surface area contributed by atoms with E-state index >= 15 is 0 Å². The van der Waals surface area contributed by atoms with Gasteiger partial charge in [0.05, 0.1) is 0 Å². The maximum Gasteiger partial charge on any atom is 0.0294 e. The first-order valence-electron chi connectivity index (χ1n) is 4.81. The van der Waals surface area contributed by atoms with Crippen LogP contribution in [0.4, 0.5) is 0 Å². The molecular formula is C12H19N. The minimum Gasteiger partial charge on any atom is -0.313 e. The van der Waals surface area contributed by atoms with Gasteiger partial charge < -0.3 is 5.32 Å². The molecule has 0 amide bonds. The molecule has 1 aromatic rings. The summed E-state index contributed by atoms with van der Waals surface area (Å²) in [5.74, 6) is 0. The van der Waals surface area contributed by atoms with Crippen molar-refractivity contribution < 1.29 is 0 Å². The third-order valence-corrected chi connectivity index (χ3v) is 2.60. The molecule has 72 valence electrons. The third-order valence-electron chi connectivity index (χ3n) is 2.60. The molecule has 0 saturated carbocycles. The van der Waals surface area contributed by atoms with Crippen LogP contribution in [0, 0.1) is 20.8 Å². The highest BCUT2D eigenvalue weighted by Gasteiger charge is 2.09. The van der Waals surface area contributed by atoms with Gasteiger partial charge in [0.15, 0.2) is 0 Å². The molecule has 0 aromatic heterocycles. The summed E-state index contributed by atoms with van der Waals surface area (Å²) in [6.45, 7) is 8.71. The molecule has 0 unspecified atom stereocenters. The van der Waals surface area contributed by atoms with Crippen molar-refractivity contribution in [2.45, 2.75) is 33.7 Å². The summed E-state index contributed by atoms with van der Waals surface area (Å²) in [6, 6.07) is 4.94. The van der Waals surface area contributed by atoms with E-state index in [1.165, 1.54) is 22.3 Å². The summed E-state index contributed by atoms with van der Waals surface area (Å²) in [5, 5.41) is 3.28. The van der Waals surface area contributed by atoms with Crippen molar-refractivity contribution in [2.24, 2.45) is 0 Å². The van der Waals surface area contributed by atoms with Crippen LogP contribution in [0.25, 0.3) is 0 Å². The Morgan fingerprint density at radius 1 is 1.08 bits per heavy atom. The van der Waals surface area contributed by atoms with Crippen LogP contribution in [-0.2, 0) is 0 Å². The molecule has 13 heavy (non-hydrogen) atoms. The van der Waals surface area contributed by atoms with E-state index in [2.05, 4.69) is 45.1 Å². The molecule has 0 aliphatic carbocycles. The predicted octanol–water partition coefficient (Wildman–Crippen LogP) is 2.89. The molecular weight excluding hydrogens is 158 g/mol. The standard InChI is InChI=1S/C12H19N/c1-8-6-9(2)12(10(3)7-8)11(4)13-5/h6-7,11,13H,1-5H3/t11-/m0/s1. The third kappa shape index (κ3) is 2.10. The molecule has 0 aliphatic rings. The number of aryl methyl sites for hydroxylation is 3. The maximum atomic E-state index is 3.28. The Morgan fingerprint density at radius 2 is 1.54 bits per heavy atom. The second-order valence-electron chi connectivity index (χ2n) is 3.82. The summed E-state index contributed by atoms with van der Waals surface area (Å²) in [7, 11) is 2.00. The van der Waals surface area contributed by atoms with Gasteiger partial charge >= 0.3 is 0 Å². The zero-order chi connectivity index (χ0) is 10.0. The second-order valence-corrected chi connectivity index (χ2v) is 3.82. The van der Waals surface area contributed by atoms with Gasteiger partial charge in [-0.1, -0.05) is 17.7 Å². The Bertz CT molecular complexity index is 279. The van der Waals surface area contributed by atoms with Gasteiger partial charge in [-0.05, 0) is 51.4 Å². The summed E-state index contributed by atoms with van der Waals surface area (Å²) in [4.78, 5) is 0. The van der Waals surface area contributed by atoms with Crippen LogP contribution < -0.4 is 5.32 Å². The van der Waals surface area contributed by atoms with Crippen molar-refractivity contribution in [3.8, 4) is 0 Å². The molecule has 0 radical (unpaired) electrons. The topological polar surface area (TPSA) is 12.0 Å². The van der Waals surface area contributed by atoms with E-state index in [0.29, 0.717) is 6.04 Å². The van der Waals surface area contributed by atoms with Gasteiger partial charge in [-0.3, -0.25) is 0 Å². The summed E-state index contributed by atoms with van der Waals surface area (Å²) >= 11 is 0. The van der Waals surface area contributed by atoms with Gasteiger partial charge in [0.2, 0.25) is 0 Å². The Balaban J connectivity index is 3.20. The van der Waals surface area contributed by atoms with Crippen LogP contribution >= 0.6 is 0 Å². The van der Waals surface area contributed by atoms with Crippen LogP contribution in [0.5, 0.6) is 0 Å². The Morgan fingerprint density at radius 3 is 1.92 bits per heavy atom. The fraction of sp³-hybridized carbons (Fsp3) is 0.500. The molecule has 1 rings (SSSR count). The van der Waals surface area contributed by atoms with Crippen molar-refractivity contribution >= 4 is 0 Å². The lowest BCUT2D eigenvalue weighted by atomic mass is 9.95. The van der Waals surface area contributed by atoms with E-state index in [1.54, 1.807) is 0 Å². The number of benzene rings is 1. The lowest BCUT2D eigenvalue weighted by molar-refractivity contribution is 0.644. The van der Waals surface area contributed by atoms with Crippen molar-refractivity contribution in [1.82, 2.24) is 5.32 Å². The fourth-order valence-corrected chi connectivity index (χ4v) is 2.02. The van der Waals surface area contributed by atoms with Gasteiger partial charge in [-0.15, -0.1) is 0 Å². The fourth-order valence-electron chi connectivity index (χ4n) is 2.02. The highest BCUT2D eigenvalue weighted by molar-refractivity contribution is 5.39. The van der Waals surface area contributed by atoms with Crippen molar-refractivity contribution in [3.63, 3.8) is 0 Å². The zero-order valence-corrected chi connectivity index (χ0v) is 9.23. The van der Waals surface area contributed by atoms with Gasteiger partial charge in [0, 0.05) is 6.04 Å². The van der Waals surface area contributed by atoms with Gasteiger partial charge in [0.25, 0.3) is 0 Å². The largest absolute Gasteiger partial charge is 0.313 e. The minimum atomic E-state index is 0.445. The van der Waals surface area contributed by atoms with Crippen LogP contribution in [0.3, 0.4) is 0 Å². The summed E-state index contributed by atoms with van der Waals surface area (Å²) in [6.07, 6.45) is 0. The molecule has 1 nitrogen and oxygen atoms in total. The molecule has 0 spiro atoms. The molecule has 1 N–H and O–H groups in total. The van der Waals surface area contributed by atoms with Crippen molar-refractivity contribution in [2.75, 3.05) is 7.05 Å². The molecule has 0 fully saturated rings. The van der Waals surface area contributed by atoms with Crippen molar-refractivity contribution in [3.05, 3.63) is 34.4 Å². The molecule has 0 bridgehead atoms. The van der Waals surface area contributed by atoms with Crippen LogP contribution in [0.15, 0.2) is 12.1 Å². The van der Waals surface area contributed by atoms with E-state index in [9.17, 15) is 0 Å². The number of hydrogen-bond acceptors (Lipinski definition) is 1. The summed E-state index contributed by atoms with van der Waals surface area (Å²) in [5.41, 5.74) is 5.56. The minimum absolute atomic E-state index is 0.445. The predicted molar refractivity (Wildman–Crippen MR) is 58.1 cm³/mol. The van der Waals surface area contributed by atoms with E-state index in [0.717, 1.165) is 0 Å². The Kier molecular flexibility index (Phi) is 3.10. The number of nitrogens with one attached hydrogen (secondary N) is 1. The van der Waals surface area contributed by atoms with Gasteiger partial charge in [0.1, 0.15) is 0 Å². The second kappa shape index (κ2) is 3.93. The van der Waals surface area contributed by atoms with E-state index < -0.39 is 0 Å². The molecule has 0 aliphatic heterocycles. The van der Waals surface area contributed by atoms with Crippen LogP contribution in [-0.4, -0.2) is 7.05 Å². The smallest absolute Gasteiger partial charge is 0.0294 e. The van der Waals surface area contributed by atoms with Crippen LogP contribution in [0.2, 0.25) is 0 Å². The normalized spacial score (nSPS) is 13.0. The molecule has 0 heterocycles. The van der Waals surface area contributed by atoms with E-state index in [4.69, 9.17) is 0 Å². The Hall–Kier alpha value is -0.820. The SMILES string of the molecule is CN[C@@H](C)c1c(C)cc(C)cc1C. The van der Waals surface area contributed by atoms with Gasteiger partial charge in [-0.2, -0.15) is 0 Å². The van der Waals surface area contributed by atoms with Crippen LogP contribution in [0.1, 0.15) is 35.2 Å². The highest BCUT2D eigenvalue weighted by atomic mass is 14.9. The average Bonchev–Trinajstić information content (AvgIpc) is 2.02. The first kappa shape index (κ1) is 10.3. The zero-order valence-electron chi connectivity index (χ0n) is 9.23. The lowest BCUT2D eigenvalue weighted by Crippen LogP contribution is -2.15. The van der Waals surface area contributed by atoms with Crippen molar-refractivity contribution in [1.29, 1.82) is 0 Å². The average molecular weight is 177 g/mol. The van der Waals surface area contributed by atoms with E-state index in [1.807, 2.05) is 7.05 Å². The maximum absolute atomic E-state index is 3.28. The molecule has 1 heteroatoms. The Labute approximate surface area is 81.2 Å². The number of hydrogen-bond donors (Lipinski definition) is 1. The quantitative estimate of drug-likeness (QED) is 0.732. The molecule has 0 saturated heterocycles. The molecule has 1 aromatic carbocycles. The number of rotatable bonds is 2. The molecule has 1 atom stereocenters. The monoisotopic (exact) mass is 177 g/mol. The first-order valence-corrected chi connectivity index (χ1v) is 4.81. The first-order chi connectivity index (χ1) is 6.06. The van der Waals surface area contributed by atoms with E-state index in [-0.39, 0.29) is 0 Å². The highest BCUT2D eigenvalue weighted by Crippen LogP contribution is 2.22. The van der Waals surface area contributed by atoms with Gasteiger partial charge in [-0.25, -0.2) is 0 Å². The summed E-state index contributed by atoms with van der Waals surface area (Å²) < 4.78 is 0. The lowest BCUT2D eigenvalue weighted by Gasteiger charge is -2.17.